The van der Waals surface area contributed by atoms with Crippen molar-refractivity contribution in [3.63, 3.8) is 0 Å². The molecule has 0 saturated heterocycles. The predicted molar refractivity (Wildman–Crippen MR) is 116 cm³/mol. The van der Waals surface area contributed by atoms with Gasteiger partial charge in [0.2, 0.25) is 0 Å². The lowest BCUT2D eigenvalue weighted by atomic mass is 10.0. The van der Waals surface area contributed by atoms with Crippen LogP contribution in [0.5, 0.6) is 0 Å². The molecular formula is C24H48O2. The quantitative estimate of drug-likeness (QED) is 0.174. The summed E-state index contributed by atoms with van der Waals surface area (Å²) >= 11 is 0. The van der Waals surface area contributed by atoms with E-state index in [1.165, 1.54) is 77.0 Å². The van der Waals surface area contributed by atoms with Gasteiger partial charge in [-0.25, -0.2) is 0 Å². The van der Waals surface area contributed by atoms with Crippen LogP contribution >= 0.6 is 0 Å². The first-order valence-electron chi connectivity index (χ1n) is 11.7. The van der Waals surface area contributed by atoms with Gasteiger partial charge >= 0.3 is 0 Å². The van der Waals surface area contributed by atoms with E-state index >= 15 is 0 Å². The standard InChI is InChI=1S/C24H48O2/c1-3-5-7-15-19-23(25)21-17-13-11-9-10-12-14-18-22-24(26)20-16-8-6-4-2/h13,17,23-26H,3-12,14-16,18-22H2,1-2H3. The fourth-order valence-corrected chi connectivity index (χ4v) is 3.42. The zero-order chi connectivity index (χ0) is 19.3. The van der Waals surface area contributed by atoms with E-state index in [0.717, 1.165) is 38.5 Å². The second-order valence-corrected chi connectivity index (χ2v) is 8.06. The average molecular weight is 369 g/mol. The van der Waals surface area contributed by atoms with Crippen molar-refractivity contribution in [3.05, 3.63) is 12.2 Å². The van der Waals surface area contributed by atoms with Crippen molar-refractivity contribution in [3.8, 4) is 0 Å². The summed E-state index contributed by atoms with van der Waals surface area (Å²) in [6.45, 7) is 4.45. The van der Waals surface area contributed by atoms with Crippen LogP contribution in [0.3, 0.4) is 0 Å². The van der Waals surface area contributed by atoms with Gasteiger partial charge in [-0.2, -0.15) is 0 Å². The number of rotatable bonds is 20. The summed E-state index contributed by atoms with van der Waals surface area (Å²) < 4.78 is 0. The van der Waals surface area contributed by atoms with Crippen molar-refractivity contribution in [2.75, 3.05) is 0 Å². The Balaban J connectivity index is 3.29. The number of aliphatic hydroxyl groups is 2. The Labute approximate surface area is 164 Å². The van der Waals surface area contributed by atoms with E-state index in [4.69, 9.17) is 0 Å². The van der Waals surface area contributed by atoms with Crippen LogP contribution in [-0.2, 0) is 0 Å². The summed E-state index contributed by atoms with van der Waals surface area (Å²) in [6.07, 6.45) is 25.4. The molecule has 2 atom stereocenters. The van der Waals surface area contributed by atoms with Crippen LogP contribution < -0.4 is 0 Å². The van der Waals surface area contributed by atoms with Gasteiger partial charge in [0, 0.05) is 0 Å². The van der Waals surface area contributed by atoms with Gasteiger partial charge < -0.3 is 10.2 Å². The number of allylic oxidation sites excluding steroid dienone is 1. The normalized spacial score (nSPS) is 14.2. The molecule has 0 aliphatic rings. The molecule has 2 unspecified atom stereocenters. The Morgan fingerprint density at radius 1 is 0.538 bits per heavy atom. The van der Waals surface area contributed by atoms with Gasteiger partial charge in [0.25, 0.3) is 0 Å². The third-order valence-corrected chi connectivity index (χ3v) is 5.26. The molecule has 0 amide bonds. The highest BCUT2D eigenvalue weighted by atomic mass is 16.3. The second-order valence-electron chi connectivity index (χ2n) is 8.06. The molecular weight excluding hydrogens is 320 g/mol. The van der Waals surface area contributed by atoms with Gasteiger partial charge in [-0.05, 0) is 38.5 Å². The van der Waals surface area contributed by atoms with Gasteiger partial charge in [0.1, 0.15) is 0 Å². The van der Waals surface area contributed by atoms with Crippen LogP contribution in [-0.4, -0.2) is 22.4 Å². The highest BCUT2D eigenvalue weighted by Crippen LogP contribution is 2.14. The van der Waals surface area contributed by atoms with Gasteiger partial charge in [-0.15, -0.1) is 0 Å². The Hall–Kier alpha value is -0.340. The molecule has 0 aliphatic heterocycles. The monoisotopic (exact) mass is 368 g/mol. The highest BCUT2D eigenvalue weighted by Gasteiger charge is 2.03. The molecule has 0 aromatic heterocycles. The lowest BCUT2D eigenvalue weighted by molar-refractivity contribution is 0.147. The van der Waals surface area contributed by atoms with E-state index in [2.05, 4.69) is 26.0 Å². The van der Waals surface area contributed by atoms with Gasteiger partial charge in [-0.1, -0.05) is 103 Å². The fraction of sp³-hybridized carbons (Fsp3) is 0.917. The molecule has 0 heterocycles. The number of unbranched alkanes of at least 4 members (excludes halogenated alkanes) is 11. The second kappa shape index (κ2) is 21.0. The third kappa shape index (κ3) is 20.0. The summed E-state index contributed by atoms with van der Waals surface area (Å²) in [5, 5.41) is 19.8. The van der Waals surface area contributed by atoms with E-state index in [1.807, 2.05) is 0 Å². The molecule has 0 aromatic rings. The smallest absolute Gasteiger partial charge is 0.0574 e. The van der Waals surface area contributed by atoms with Crippen molar-refractivity contribution in [1.29, 1.82) is 0 Å². The topological polar surface area (TPSA) is 40.5 Å². The maximum absolute atomic E-state index is 9.94. The molecule has 0 spiro atoms. The van der Waals surface area contributed by atoms with Crippen LogP contribution in [0.1, 0.15) is 129 Å². The lowest BCUT2D eigenvalue weighted by Crippen LogP contribution is -2.05. The molecule has 0 bridgehead atoms. The summed E-state index contributed by atoms with van der Waals surface area (Å²) in [5.41, 5.74) is 0. The Kier molecular flexibility index (Phi) is 20.7. The Bertz CT molecular complexity index is 288. The Morgan fingerprint density at radius 2 is 1.00 bits per heavy atom. The van der Waals surface area contributed by atoms with Crippen molar-refractivity contribution >= 4 is 0 Å². The minimum absolute atomic E-state index is 0.0665. The summed E-state index contributed by atoms with van der Waals surface area (Å²) in [5.74, 6) is 0. The van der Waals surface area contributed by atoms with E-state index in [0.29, 0.717) is 0 Å². The SMILES string of the molecule is CCCCCCC(O)CC=CCCCCCCCC(O)CCCCCC. The van der Waals surface area contributed by atoms with Crippen LogP contribution in [0.25, 0.3) is 0 Å². The van der Waals surface area contributed by atoms with Crippen LogP contribution in [0.4, 0.5) is 0 Å². The molecule has 0 radical (unpaired) electrons. The van der Waals surface area contributed by atoms with Crippen LogP contribution in [0.15, 0.2) is 12.2 Å². The molecule has 2 N–H and O–H groups in total. The van der Waals surface area contributed by atoms with Crippen LogP contribution in [0, 0.1) is 0 Å². The van der Waals surface area contributed by atoms with Crippen molar-refractivity contribution in [2.45, 2.75) is 142 Å². The largest absolute Gasteiger partial charge is 0.393 e. The zero-order valence-electron chi connectivity index (χ0n) is 17.9. The molecule has 0 rings (SSSR count). The average Bonchev–Trinajstić information content (AvgIpc) is 2.64. The first-order chi connectivity index (χ1) is 12.7. The molecule has 0 aromatic carbocycles. The maximum atomic E-state index is 9.94. The fourth-order valence-electron chi connectivity index (χ4n) is 3.42. The van der Waals surface area contributed by atoms with Gasteiger partial charge in [0.05, 0.1) is 12.2 Å². The number of hydrogen-bond donors (Lipinski definition) is 2. The van der Waals surface area contributed by atoms with Crippen molar-refractivity contribution in [1.82, 2.24) is 0 Å². The molecule has 156 valence electrons. The summed E-state index contributed by atoms with van der Waals surface area (Å²) in [7, 11) is 0. The lowest BCUT2D eigenvalue weighted by Gasteiger charge is -2.09. The minimum Gasteiger partial charge on any atom is -0.393 e. The van der Waals surface area contributed by atoms with E-state index in [1.54, 1.807) is 0 Å². The molecule has 26 heavy (non-hydrogen) atoms. The number of hydrogen-bond acceptors (Lipinski definition) is 2. The Morgan fingerprint density at radius 3 is 1.58 bits per heavy atom. The first-order valence-corrected chi connectivity index (χ1v) is 11.7. The van der Waals surface area contributed by atoms with Crippen LogP contribution in [0.2, 0.25) is 0 Å². The van der Waals surface area contributed by atoms with Crippen molar-refractivity contribution in [2.24, 2.45) is 0 Å². The van der Waals surface area contributed by atoms with Gasteiger partial charge in [0.15, 0.2) is 0 Å². The summed E-state index contributed by atoms with van der Waals surface area (Å²) in [4.78, 5) is 0. The van der Waals surface area contributed by atoms with Gasteiger partial charge in [-0.3, -0.25) is 0 Å². The molecule has 2 nitrogen and oxygen atoms in total. The van der Waals surface area contributed by atoms with E-state index in [9.17, 15) is 10.2 Å². The highest BCUT2D eigenvalue weighted by molar-refractivity contribution is 4.84. The van der Waals surface area contributed by atoms with E-state index in [-0.39, 0.29) is 12.2 Å². The first kappa shape index (κ1) is 25.7. The predicted octanol–water partition coefficient (Wildman–Crippen LogP) is 7.33. The van der Waals surface area contributed by atoms with E-state index < -0.39 is 0 Å². The van der Waals surface area contributed by atoms with Crippen molar-refractivity contribution < 1.29 is 10.2 Å². The zero-order valence-corrected chi connectivity index (χ0v) is 17.9. The molecule has 0 fully saturated rings. The third-order valence-electron chi connectivity index (χ3n) is 5.26. The summed E-state index contributed by atoms with van der Waals surface area (Å²) in [6, 6.07) is 0. The number of aliphatic hydroxyl groups excluding tert-OH is 2. The molecule has 0 saturated carbocycles. The minimum atomic E-state index is -0.142. The molecule has 0 aliphatic carbocycles. The maximum Gasteiger partial charge on any atom is 0.0574 e. The molecule has 2 heteroatoms.